The first-order valence-electron chi connectivity index (χ1n) is 6.02. The minimum absolute atomic E-state index is 1.16. The molecule has 0 N–H and O–H groups in total. The van der Waals surface area contributed by atoms with Crippen LogP contribution in [-0.4, -0.2) is 24.2 Å². The summed E-state index contributed by atoms with van der Waals surface area (Å²) in [5.41, 5.74) is 1.29. The average molecular weight is 204 g/mol. The Bertz CT molecular complexity index is 294. The Morgan fingerprint density at radius 3 is 2.60 bits per heavy atom. The molecule has 2 heterocycles. The maximum Gasteiger partial charge on any atom is 0.124 e. The molecule has 2 heteroatoms. The van der Waals surface area contributed by atoms with Crippen LogP contribution in [0.5, 0.6) is 0 Å². The Balaban J connectivity index is 2.10. The number of hydrogen-bond acceptors (Lipinski definition) is 2. The van der Waals surface area contributed by atoms with Crippen LogP contribution in [0.3, 0.4) is 0 Å². The lowest BCUT2D eigenvalue weighted by Crippen LogP contribution is -2.17. The van der Waals surface area contributed by atoms with Crippen molar-refractivity contribution in [3.63, 3.8) is 0 Å². The fourth-order valence-corrected chi connectivity index (χ4v) is 2.11. The van der Waals surface area contributed by atoms with Gasteiger partial charge in [0.1, 0.15) is 5.82 Å². The second-order valence-electron chi connectivity index (χ2n) is 4.39. The summed E-state index contributed by atoms with van der Waals surface area (Å²) in [5.74, 6) is 1.20. The molecule has 0 amide bonds. The molecule has 0 radical (unpaired) electrons. The molecule has 0 saturated carbocycles. The van der Waals surface area contributed by atoms with Gasteiger partial charge in [-0.1, -0.05) is 6.08 Å². The molecule has 0 aromatic carbocycles. The molecule has 0 unspecified atom stereocenters. The minimum Gasteiger partial charge on any atom is -0.357 e. The van der Waals surface area contributed by atoms with E-state index >= 15 is 0 Å². The van der Waals surface area contributed by atoms with Crippen LogP contribution in [0.25, 0.3) is 0 Å². The van der Waals surface area contributed by atoms with Crippen LogP contribution < -0.4 is 0 Å². The molecule has 2 rings (SSSR count). The number of rotatable bonds is 1. The molecule has 0 bridgehead atoms. The zero-order valence-corrected chi connectivity index (χ0v) is 9.58. The van der Waals surface area contributed by atoms with Crippen molar-refractivity contribution in [1.29, 1.82) is 0 Å². The number of hydrogen-bond donors (Lipinski definition) is 0. The minimum atomic E-state index is 1.16. The number of likely N-dealkylation sites (tertiary alicyclic amines) is 1. The summed E-state index contributed by atoms with van der Waals surface area (Å²) in [6, 6.07) is 0. The van der Waals surface area contributed by atoms with Crippen LogP contribution in [-0.2, 0) is 0 Å². The smallest absolute Gasteiger partial charge is 0.124 e. The van der Waals surface area contributed by atoms with Crippen molar-refractivity contribution in [2.75, 3.05) is 13.1 Å². The van der Waals surface area contributed by atoms with E-state index in [4.69, 9.17) is 0 Å². The van der Waals surface area contributed by atoms with E-state index in [-0.39, 0.29) is 0 Å². The predicted molar refractivity (Wildman–Crippen MR) is 65.0 cm³/mol. The van der Waals surface area contributed by atoms with Gasteiger partial charge in [0, 0.05) is 19.3 Å². The first-order valence-corrected chi connectivity index (χ1v) is 6.02. The zero-order valence-electron chi connectivity index (χ0n) is 9.58. The van der Waals surface area contributed by atoms with E-state index in [1.165, 1.54) is 50.2 Å². The van der Waals surface area contributed by atoms with Gasteiger partial charge in [0.05, 0.1) is 0 Å². The SMILES string of the molecule is CC1=CCCC/C=C(\N2CCCC2)N=C1. The lowest BCUT2D eigenvalue weighted by molar-refractivity contribution is 0.420. The van der Waals surface area contributed by atoms with Gasteiger partial charge in [0.2, 0.25) is 0 Å². The van der Waals surface area contributed by atoms with Gasteiger partial charge in [-0.15, -0.1) is 0 Å². The van der Waals surface area contributed by atoms with E-state index in [2.05, 4.69) is 29.0 Å². The third-order valence-electron chi connectivity index (χ3n) is 3.03. The number of aliphatic imine (C=N–C) groups is 1. The van der Waals surface area contributed by atoms with Crippen LogP contribution in [0.4, 0.5) is 0 Å². The second-order valence-corrected chi connectivity index (χ2v) is 4.39. The van der Waals surface area contributed by atoms with E-state index in [1.807, 2.05) is 6.21 Å². The Hall–Kier alpha value is -1.05. The van der Waals surface area contributed by atoms with Crippen molar-refractivity contribution in [3.8, 4) is 0 Å². The topological polar surface area (TPSA) is 15.6 Å². The van der Waals surface area contributed by atoms with Crippen LogP contribution in [0, 0.1) is 0 Å². The van der Waals surface area contributed by atoms with Crippen LogP contribution in [0.2, 0.25) is 0 Å². The summed E-state index contributed by atoms with van der Waals surface area (Å²) in [6.07, 6.45) is 12.8. The highest BCUT2D eigenvalue weighted by Crippen LogP contribution is 2.18. The number of allylic oxidation sites excluding steroid dienone is 3. The molecule has 0 spiro atoms. The lowest BCUT2D eigenvalue weighted by atomic mass is 10.2. The van der Waals surface area contributed by atoms with Crippen molar-refractivity contribution in [2.45, 2.75) is 39.0 Å². The van der Waals surface area contributed by atoms with Crippen molar-refractivity contribution in [3.05, 3.63) is 23.5 Å². The van der Waals surface area contributed by atoms with Crippen molar-refractivity contribution in [2.24, 2.45) is 4.99 Å². The molecular weight excluding hydrogens is 184 g/mol. The fourth-order valence-electron chi connectivity index (χ4n) is 2.11. The molecule has 82 valence electrons. The standard InChI is InChI=1S/C13H20N2/c1-12-7-3-2-4-8-13(14-11-12)15-9-5-6-10-15/h7-8,11H,2-6,9-10H2,1H3/b12-7?,13-8-,14-11?. The van der Waals surface area contributed by atoms with Gasteiger partial charge < -0.3 is 4.90 Å². The van der Waals surface area contributed by atoms with Gasteiger partial charge in [-0.05, 0) is 50.7 Å². The molecule has 1 saturated heterocycles. The van der Waals surface area contributed by atoms with E-state index in [1.54, 1.807) is 0 Å². The van der Waals surface area contributed by atoms with Crippen LogP contribution >= 0.6 is 0 Å². The molecule has 0 aromatic rings. The molecule has 2 aliphatic rings. The average Bonchev–Trinajstić information content (AvgIpc) is 2.75. The first kappa shape index (κ1) is 10.5. The maximum atomic E-state index is 4.60. The highest BCUT2D eigenvalue weighted by atomic mass is 15.2. The van der Waals surface area contributed by atoms with Crippen LogP contribution in [0.1, 0.15) is 39.0 Å². The Labute approximate surface area is 92.4 Å². The van der Waals surface area contributed by atoms with E-state index in [0.717, 1.165) is 6.42 Å². The van der Waals surface area contributed by atoms with E-state index in [9.17, 15) is 0 Å². The predicted octanol–water partition coefficient (Wildman–Crippen LogP) is 3.12. The summed E-state index contributed by atoms with van der Waals surface area (Å²) < 4.78 is 0. The largest absolute Gasteiger partial charge is 0.357 e. The molecule has 0 atom stereocenters. The molecular formula is C13H20N2. The zero-order chi connectivity index (χ0) is 10.5. The van der Waals surface area contributed by atoms with Gasteiger partial charge in [-0.2, -0.15) is 0 Å². The monoisotopic (exact) mass is 204 g/mol. The molecule has 0 aromatic heterocycles. The summed E-state index contributed by atoms with van der Waals surface area (Å²) in [6.45, 7) is 4.51. The van der Waals surface area contributed by atoms with Crippen molar-refractivity contribution >= 4 is 6.21 Å². The third-order valence-corrected chi connectivity index (χ3v) is 3.03. The summed E-state index contributed by atoms with van der Waals surface area (Å²) in [5, 5.41) is 0. The molecule has 2 aliphatic heterocycles. The van der Waals surface area contributed by atoms with Gasteiger partial charge in [-0.25, -0.2) is 4.99 Å². The van der Waals surface area contributed by atoms with Crippen molar-refractivity contribution in [1.82, 2.24) is 4.90 Å². The third kappa shape index (κ3) is 2.95. The maximum absolute atomic E-state index is 4.60. The normalized spacial score (nSPS) is 26.3. The van der Waals surface area contributed by atoms with Crippen LogP contribution in [0.15, 0.2) is 28.5 Å². The van der Waals surface area contributed by atoms with Gasteiger partial charge in [0.15, 0.2) is 0 Å². The van der Waals surface area contributed by atoms with Gasteiger partial charge in [-0.3, -0.25) is 0 Å². The molecule has 0 aliphatic carbocycles. The quantitative estimate of drug-likeness (QED) is 0.640. The summed E-state index contributed by atoms with van der Waals surface area (Å²) in [7, 11) is 0. The Morgan fingerprint density at radius 1 is 1.07 bits per heavy atom. The highest BCUT2D eigenvalue weighted by molar-refractivity contribution is 5.78. The van der Waals surface area contributed by atoms with Gasteiger partial charge in [0.25, 0.3) is 0 Å². The highest BCUT2D eigenvalue weighted by Gasteiger charge is 2.13. The molecule has 15 heavy (non-hydrogen) atoms. The Morgan fingerprint density at radius 2 is 1.80 bits per heavy atom. The first-order chi connectivity index (χ1) is 7.36. The number of nitrogens with zero attached hydrogens (tertiary/aromatic N) is 2. The fraction of sp³-hybridized carbons (Fsp3) is 0.615. The Kier molecular flexibility index (Phi) is 3.59. The lowest BCUT2D eigenvalue weighted by Gasteiger charge is -2.17. The molecule has 2 nitrogen and oxygen atoms in total. The van der Waals surface area contributed by atoms with E-state index < -0.39 is 0 Å². The summed E-state index contributed by atoms with van der Waals surface area (Å²) >= 11 is 0. The molecule has 1 fully saturated rings. The summed E-state index contributed by atoms with van der Waals surface area (Å²) in [4.78, 5) is 7.01. The van der Waals surface area contributed by atoms with Gasteiger partial charge >= 0.3 is 0 Å². The second kappa shape index (κ2) is 5.15. The van der Waals surface area contributed by atoms with Crippen molar-refractivity contribution < 1.29 is 0 Å². The van der Waals surface area contributed by atoms with E-state index in [0.29, 0.717) is 0 Å².